The van der Waals surface area contributed by atoms with Crippen molar-refractivity contribution in [2.24, 2.45) is 0 Å². The third-order valence-corrected chi connectivity index (χ3v) is 5.20. The van der Waals surface area contributed by atoms with Crippen LogP contribution >= 0.6 is 0 Å². The molecule has 0 amide bonds. The van der Waals surface area contributed by atoms with Crippen molar-refractivity contribution in [2.75, 3.05) is 26.7 Å². The fourth-order valence-electron chi connectivity index (χ4n) is 2.09. The second kappa shape index (κ2) is 5.96. The summed E-state index contributed by atoms with van der Waals surface area (Å²) in [6, 6.07) is -0.935. The molecule has 0 bridgehead atoms. The highest BCUT2D eigenvalue weighted by molar-refractivity contribution is 7.86. The van der Waals surface area contributed by atoms with Crippen LogP contribution in [0.15, 0.2) is 0 Å². The van der Waals surface area contributed by atoms with E-state index in [0.29, 0.717) is 13.1 Å². The van der Waals surface area contributed by atoms with Crippen LogP contribution < -0.4 is 0 Å². The van der Waals surface area contributed by atoms with Crippen LogP contribution in [-0.2, 0) is 19.7 Å². The van der Waals surface area contributed by atoms with Gasteiger partial charge in [-0.15, -0.1) is 0 Å². The highest BCUT2D eigenvalue weighted by Gasteiger charge is 2.45. The summed E-state index contributed by atoms with van der Waals surface area (Å²) in [5.74, 6) is -0.637. The Hall–Kier alpha value is -0.700. The van der Waals surface area contributed by atoms with Gasteiger partial charge in [-0.3, -0.25) is 4.79 Å². The molecule has 18 heavy (non-hydrogen) atoms. The minimum Gasteiger partial charge on any atom is -0.468 e. The summed E-state index contributed by atoms with van der Waals surface area (Å²) < 4.78 is 31.5. The van der Waals surface area contributed by atoms with E-state index in [1.807, 2.05) is 0 Å². The standard InChI is InChI=1S/C10H20N2O5S/c1-4-11(5-2)18(15,16)12-7-8(13)6-9(12)10(14)17-3/h8-9,13H,4-7H2,1-3H3. The number of β-amino-alcohol motifs (C(OH)–C–C–N with tert-alkyl or cyclic N) is 1. The van der Waals surface area contributed by atoms with Crippen LogP contribution in [0.4, 0.5) is 0 Å². The Morgan fingerprint density at radius 2 is 2.00 bits per heavy atom. The molecule has 1 saturated heterocycles. The van der Waals surface area contributed by atoms with E-state index in [1.54, 1.807) is 13.8 Å². The van der Waals surface area contributed by atoms with Gasteiger partial charge >= 0.3 is 5.97 Å². The molecule has 8 heteroatoms. The van der Waals surface area contributed by atoms with Crippen molar-refractivity contribution in [3.63, 3.8) is 0 Å². The molecular formula is C10H20N2O5S. The highest BCUT2D eigenvalue weighted by atomic mass is 32.2. The largest absolute Gasteiger partial charge is 0.468 e. The number of aliphatic hydroxyl groups is 1. The fraction of sp³-hybridized carbons (Fsp3) is 0.900. The lowest BCUT2D eigenvalue weighted by Gasteiger charge is -2.28. The van der Waals surface area contributed by atoms with E-state index < -0.39 is 28.3 Å². The van der Waals surface area contributed by atoms with Gasteiger partial charge < -0.3 is 9.84 Å². The van der Waals surface area contributed by atoms with E-state index in [0.717, 1.165) is 4.31 Å². The summed E-state index contributed by atoms with van der Waals surface area (Å²) in [7, 11) is -2.53. The number of hydrogen-bond acceptors (Lipinski definition) is 5. The summed E-state index contributed by atoms with van der Waals surface area (Å²) >= 11 is 0. The predicted molar refractivity (Wildman–Crippen MR) is 65.0 cm³/mol. The van der Waals surface area contributed by atoms with Gasteiger partial charge in [0.05, 0.1) is 13.2 Å². The Labute approximate surface area is 108 Å². The highest BCUT2D eigenvalue weighted by Crippen LogP contribution is 2.24. The summed E-state index contributed by atoms with van der Waals surface area (Å²) in [6.45, 7) is 4.01. The first-order chi connectivity index (χ1) is 8.38. The Balaban J connectivity index is 3.02. The third kappa shape index (κ3) is 2.82. The number of hydrogen-bond donors (Lipinski definition) is 1. The van der Waals surface area contributed by atoms with Gasteiger partial charge in [0, 0.05) is 26.1 Å². The van der Waals surface area contributed by atoms with Gasteiger partial charge in [-0.05, 0) is 0 Å². The van der Waals surface area contributed by atoms with Crippen molar-refractivity contribution in [3.8, 4) is 0 Å². The molecule has 0 aromatic rings. The number of aliphatic hydroxyl groups excluding tert-OH is 1. The summed E-state index contributed by atoms with van der Waals surface area (Å²) in [5, 5.41) is 9.57. The van der Waals surface area contributed by atoms with Crippen molar-refractivity contribution < 1.29 is 23.1 Å². The minimum atomic E-state index is -3.73. The van der Waals surface area contributed by atoms with Crippen molar-refractivity contribution in [1.82, 2.24) is 8.61 Å². The first-order valence-electron chi connectivity index (χ1n) is 5.91. The average molecular weight is 280 g/mol. The molecule has 2 atom stereocenters. The van der Waals surface area contributed by atoms with Crippen molar-refractivity contribution in [2.45, 2.75) is 32.4 Å². The lowest BCUT2D eigenvalue weighted by Crippen LogP contribution is -2.48. The van der Waals surface area contributed by atoms with Gasteiger partial charge in [-0.2, -0.15) is 17.0 Å². The zero-order chi connectivity index (χ0) is 13.9. The molecular weight excluding hydrogens is 260 g/mol. The topological polar surface area (TPSA) is 87.2 Å². The molecule has 1 heterocycles. The van der Waals surface area contributed by atoms with Gasteiger partial charge in [0.15, 0.2) is 0 Å². The van der Waals surface area contributed by atoms with Crippen LogP contribution in [-0.4, -0.2) is 67.0 Å². The molecule has 106 valence electrons. The SMILES string of the molecule is CCN(CC)S(=O)(=O)N1CC(O)CC1C(=O)OC. The van der Waals surface area contributed by atoms with E-state index >= 15 is 0 Å². The van der Waals surface area contributed by atoms with Crippen LogP contribution in [0.5, 0.6) is 0 Å². The molecule has 0 radical (unpaired) electrons. The Bertz CT molecular complexity index is 393. The molecule has 1 fully saturated rings. The number of rotatable bonds is 5. The fourth-order valence-corrected chi connectivity index (χ4v) is 3.89. The summed E-state index contributed by atoms with van der Waals surface area (Å²) in [6.07, 6.45) is -0.757. The van der Waals surface area contributed by atoms with Crippen LogP contribution in [0.2, 0.25) is 0 Å². The molecule has 7 nitrogen and oxygen atoms in total. The van der Waals surface area contributed by atoms with Crippen LogP contribution in [0.25, 0.3) is 0 Å². The summed E-state index contributed by atoms with van der Waals surface area (Å²) in [5.41, 5.74) is 0. The maximum Gasteiger partial charge on any atom is 0.324 e. The van der Waals surface area contributed by atoms with Crippen molar-refractivity contribution >= 4 is 16.2 Å². The van der Waals surface area contributed by atoms with Crippen LogP contribution in [0, 0.1) is 0 Å². The molecule has 2 unspecified atom stereocenters. The first kappa shape index (κ1) is 15.4. The number of ether oxygens (including phenoxy) is 1. The van der Waals surface area contributed by atoms with E-state index in [4.69, 9.17) is 0 Å². The number of carbonyl (C=O) groups is 1. The monoisotopic (exact) mass is 280 g/mol. The van der Waals surface area contributed by atoms with E-state index in [1.165, 1.54) is 11.4 Å². The number of nitrogens with zero attached hydrogens (tertiary/aromatic N) is 2. The third-order valence-electron chi connectivity index (χ3n) is 3.03. The van der Waals surface area contributed by atoms with E-state index in [-0.39, 0.29) is 13.0 Å². The normalized spacial score (nSPS) is 25.6. The molecule has 1 aliphatic rings. The molecule has 0 spiro atoms. The molecule has 1 N–H and O–H groups in total. The molecule has 1 rings (SSSR count). The molecule has 0 aromatic carbocycles. The second-order valence-electron chi connectivity index (χ2n) is 4.09. The zero-order valence-electron chi connectivity index (χ0n) is 10.9. The maximum atomic E-state index is 12.3. The molecule has 0 aromatic heterocycles. The van der Waals surface area contributed by atoms with Crippen molar-refractivity contribution in [3.05, 3.63) is 0 Å². The zero-order valence-corrected chi connectivity index (χ0v) is 11.7. The van der Waals surface area contributed by atoms with Crippen LogP contribution in [0.1, 0.15) is 20.3 Å². The van der Waals surface area contributed by atoms with E-state index in [2.05, 4.69) is 4.74 Å². The maximum absolute atomic E-state index is 12.3. The molecule has 0 saturated carbocycles. The quantitative estimate of drug-likeness (QED) is 0.665. The molecule has 0 aliphatic carbocycles. The lowest BCUT2D eigenvalue weighted by molar-refractivity contribution is -0.144. The first-order valence-corrected chi connectivity index (χ1v) is 7.30. The van der Waals surface area contributed by atoms with Crippen LogP contribution in [0.3, 0.4) is 0 Å². The Kier molecular flexibility index (Phi) is 5.09. The van der Waals surface area contributed by atoms with Gasteiger partial charge in [0.2, 0.25) is 0 Å². The van der Waals surface area contributed by atoms with Gasteiger partial charge in [-0.1, -0.05) is 13.8 Å². The summed E-state index contributed by atoms with van der Waals surface area (Å²) in [4.78, 5) is 11.6. The average Bonchev–Trinajstić information content (AvgIpc) is 2.72. The number of methoxy groups -OCH3 is 1. The number of esters is 1. The van der Waals surface area contributed by atoms with E-state index in [9.17, 15) is 18.3 Å². The number of carbonyl (C=O) groups excluding carboxylic acids is 1. The second-order valence-corrected chi connectivity index (χ2v) is 5.97. The minimum absolute atomic E-state index is 0.0708. The lowest BCUT2D eigenvalue weighted by atomic mass is 10.2. The smallest absolute Gasteiger partial charge is 0.324 e. The van der Waals surface area contributed by atoms with Gasteiger partial charge in [-0.25, -0.2) is 0 Å². The van der Waals surface area contributed by atoms with Crippen molar-refractivity contribution in [1.29, 1.82) is 0 Å². The Morgan fingerprint density at radius 1 is 1.44 bits per heavy atom. The van der Waals surface area contributed by atoms with Gasteiger partial charge in [0.25, 0.3) is 10.2 Å². The van der Waals surface area contributed by atoms with Gasteiger partial charge in [0.1, 0.15) is 6.04 Å². The molecule has 1 aliphatic heterocycles. The Morgan fingerprint density at radius 3 is 2.44 bits per heavy atom. The predicted octanol–water partition coefficient (Wildman–Crippen LogP) is -0.819.